The third-order valence-corrected chi connectivity index (χ3v) is 4.91. The second kappa shape index (κ2) is 10.5. The molecule has 2 aromatic carbocycles. The summed E-state index contributed by atoms with van der Waals surface area (Å²) >= 11 is 0. The molecule has 0 atom stereocenters. The molecule has 154 valence electrons. The molecular formula is C23H28N2O4. The number of nitrogens with zero attached hydrogens (tertiary/aromatic N) is 1. The highest BCUT2D eigenvalue weighted by molar-refractivity contribution is 5.89. The average molecular weight is 396 g/mol. The quantitative estimate of drug-likeness (QED) is 0.518. The first kappa shape index (κ1) is 20.7. The van der Waals surface area contributed by atoms with Gasteiger partial charge in [-0.15, -0.1) is 0 Å². The normalized spacial score (nSPS) is 12.4. The first-order valence-electron chi connectivity index (χ1n) is 10.2. The number of alkyl carbamates (subject to hydrolysis) is 1. The molecule has 6 heteroatoms. The summed E-state index contributed by atoms with van der Waals surface area (Å²) in [5.74, 6) is -0.270. The third-order valence-electron chi connectivity index (χ3n) is 4.91. The van der Waals surface area contributed by atoms with E-state index in [0.29, 0.717) is 25.3 Å². The summed E-state index contributed by atoms with van der Waals surface area (Å²) in [6.45, 7) is 4.99. The number of hydrogen-bond donors (Lipinski definition) is 1. The highest BCUT2D eigenvalue weighted by Crippen LogP contribution is 2.29. The Morgan fingerprint density at radius 1 is 1.10 bits per heavy atom. The van der Waals surface area contributed by atoms with E-state index in [9.17, 15) is 9.59 Å². The van der Waals surface area contributed by atoms with Crippen molar-refractivity contribution in [3.05, 3.63) is 65.2 Å². The topological polar surface area (TPSA) is 67.9 Å². The van der Waals surface area contributed by atoms with Crippen LogP contribution in [0.1, 0.15) is 34.8 Å². The number of nitrogens with one attached hydrogen (secondary N) is 1. The number of fused-ring (bicyclic) bond motifs is 1. The lowest BCUT2D eigenvalue weighted by Crippen LogP contribution is -2.26. The van der Waals surface area contributed by atoms with E-state index in [-0.39, 0.29) is 12.1 Å². The zero-order valence-electron chi connectivity index (χ0n) is 16.9. The minimum absolute atomic E-state index is 0.270. The summed E-state index contributed by atoms with van der Waals surface area (Å²) in [4.78, 5) is 25.7. The van der Waals surface area contributed by atoms with Crippen molar-refractivity contribution in [1.82, 2.24) is 5.32 Å². The van der Waals surface area contributed by atoms with Crippen LogP contribution in [0.4, 0.5) is 10.5 Å². The monoisotopic (exact) mass is 396 g/mol. The van der Waals surface area contributed by atoms with Gasteiger partial charge in [0.1, 0.15) is 0 Å². The molecule has 1 aliphatic rings. The molecule has 0 bridgehead atoms. The van der Waals surface area contributed by atoms with Crippen molar-refractivity contribution in [3.8, 4) is 0 Å². The Kier molecular flexibility index (Phi) is 7.50. The van der Waals surface area contributed by atoms with Gasteiger partial charge in [0.2, 0.25) is 0 Å². The standard InChI is InChI=1S/C23H28N2O4/c1-2-28-23(27)24-13-11-18-9-10-21-20(17-18)12-15-25(21)14-6-16-29-22(26)19-7-4-3-5-8-19/h3-5,7-10,17H,2,6,11-16H2,1H3,(H,24,27). The number of carbonyl (C=O) groups is 2. The molecule has 0 aliphatic carbocycles. The van der Waals surface area contributed by atoms with Gasteiger partial charge in [-0.2, -0.15) is 0 Å². The summed E-state index contributed by atoms with van der Waals surface area (Å²) in [6.07, 6.45) is 2.22. The molecule has 2 aromatic rings. The Morgan fingerprint density at radius 2 is 1.93 bits per heavy atom. The van der Waals surface area contributed by atoms with Crippen molar-refractivity contribution < 1.29 is 19.1 Å². The lowest BCUT2D eigenvalue weighted by Gasteiger charge is -2.19. The van der Waals surface area contributed by atoms with Gasteiger partial charge in [0, 0.05) is 25.3 Å². The average Bonchev–Trinajstić information content (AvgIpc) is 3.14. The maximum Gasteiger partial charge on any atom is 0.407 e. The predicted molar refractivity (Wildman–Crippen MR) is 112 cm³/mol. The van der Waals surface area contributed by atoms with Gasteiger partial charge in [0.05, 0.1) is 18.8 Å². The highest BCUT2D eigenvalue weighted by atomic mass is 16.5. The SMILES string of the molecule is CCOC(=O)NCCc1ccc2c(c1)CCN2CCCOC(=O)c1ccccc1. The van der Waals surface area contributed by atoms with E-state index >= 15 is 0 Å². The summed E-state index contributed by atoms with van der Waals surface area (Å²) in [7, 11) is 0. The second-order valence-corrected chi connectivity index (χ2v) is 6.95. The number of hydrogen-bond acceptors (Lipinski definition) is 5. The van der Waals surface area contributed by atoms with Crippen LogP contribution in [0.2, 0.25) is 0 Å². The molecule has 0 spiro atoms. The third kappa shape index (κ3) is 5.98. The zero-order valence-corrected chi connectivity index (χ0v) is 16.9. The van der Waals surface area contributed by atoms with Crippen LogP contribution >= 0.6 is 0 Å². The Morgan fingerprint density at radius 3 is 2.72 bits per heavy atom. The predicted octanol–water partition coefficient (Wildman–Crippen LogP) is 3.58. The molecule has 1 amide bonds. The number of anilines is 1. The number of ether oxygens (including phenoxy) is 2. The van der Waals surface area contributed by atoms with E-state index in [1.165, 1.54) is 16.8 Å². The summed E-state index contributed by atoms with van der Waals surface area (Å²) < 4.78 is 10.2. The van der Waals surface area contributed by atoms with Gasteiger partial charge >= 0.3 is 12.1 Å². The van der Waals surface area contributed by atoms with Gasteiger partial charge < -0.3 is 19.7 Å². The largest absolute Gasteiger partial charge is 0.462 e. The molecule has 0 radical (unpaired) electrons. The molecular weight excluding hydrogens is 368 g/mol. The molecule has 1 aliphatic heterocycles. The molecule has 0 unspecified atom stereocenters. The zero-order chi connectivity index (χ0) is 20.5. The Balaban J connectivity index is 1.41. The Bertz CT molecular complexity index is 823. The Hall–Kier alpha value is -3.02. The molecule has 6 nitrogen and oxygen atoms in total. The van der Waals surface area contributed by atoms with Crippen LogP contribution < -0.4 is 10.2 Å². The molecule has 29 heavy (non-hydrogen) atoms. The molecule has 0 saturated carbocycles. The van der Waals surface area contributed by atoms with Gasteiger partial charge in [-0.25, -0.2) is 9.59 Å². The van der Waals surface area contributed by atoms with Crippen molar-refractivity contribution in [2.45, 2.75) is 26.2 Å². The fourth-order valence-corrected chi connectivity index (χ4v) is 3.48. The maximum absolute atomic E-state index is 12.0. The Labute approximate surface area is 171 Å². The lowest BCUT2D eigenvalue weighted by molar-refractivity contribution is 0.0502. The van der Waals surface area contributed by atoms with E-state index < -0.39 is 0 Å². The van der Waals surface area contributed by atoms with Gasteiger partial charge in [-0.1, -0.05) is 30.3 Å². The first-order valence-corrected chi connectivity index (χ1v) is 10.2. The van der Waals surface area contributed by atoms with Crippen LogP contribution in [0, 0.1) is 0 Å². The maximum atomic E-state index is 12.0. The molecule has 1 heterocycles. The van der Waals surface area contributed by atoms with Crippen molar-refractivity contribution in [3.63, 3.8) is 0 Å². The number of amides is 1. The smallest absolute Gasteiger partial charge is 0.407 e. The second-order valence-electron chi connectivity index (χ2n) is 6.95. The minimum Gasteiger partial charge on any atom is -0.462 e. The van der Waals surface area contributed by atoms with Crippen LogP contribution in [-0.4, -0.2) is 44.9 Å². The van der Waals surface area contributed by atoms with Crippen molar-refractivity contribution in [2.24, 2.45) is 0 Å². The van der Waals surface area contributed by atoms with Crippen molar-refractivity contribution >= 4 is 17.7 Å². The minimum atomic E-state index is -0.368. The van der Waals surface area contributed by atoms with Gasteiger partial charge in [-0.05, 0) is 55.5 Å². The highest BCUT2D eigenvalue weighted by Gasteiger charge is 2.19. The van der Waals surface area contributed by atoms with Crippen LogP contribution in [0.3, 0.4) is 0 Å². The molecule has 1 N–H and O–H groups in total. The van der Waals surface area contributed by atoms with Crippen LogP contribution in [0.15, 0.2) is 48.5 Å². The number of carbonyl (C=O) groups excluding carboxylic acids is 2. The first-order chi connectivity index (χ1) is 14.2. The number of esters is 1. The van der Waals surface area contributed by atoms with E-state index in [1.54, 1.807) is 19.1 Å². The van der Waals surface area contributed by atoms with Crippen LogP contribution in [0.25, 0.3) is 0 Å². The van der Waals surface area contributed by atoms with Crippen molar-refractivity contribution in [1.29, 1.82) is 0 Å². The van der Waals surface area contributed by atoms with E-state index in [1.807, 2.05) is 18.2 Å². The summed E-state index contributed by atoms with van der Waals surface area (Å²) in [6, 6.07) is 15.6. The fraction of sp³-hybridized carbons (Fsp3) is 0.391. The van der Waals surface area contributed by atoms with Crippen molar-refractivity contribution in [2.75, 3.05) is 37.7 Å². The summed E-state index contributed by atoms with van der Waals surface area (Å²) in [5.41, 5.74) is 4.38. The van der Waals surface area contributed by atoms with E-state index in [0.717, 1.165) is 32.4 Å². The lowest BCUT2D eigenvalue weighted by atomic mass is 10.1. The summed E-state index contributed by atoms with van der Waals surface area (Å²) in [5, 5.41) is 2.75. The molecule has 0 fully saturated rings. The molecule has 0 saturated heterocycles. The number of benzene rings is 2. The van der Waals surface area contributed by atoms with E-state index in [4.69, 9.17) is 9.47 Å². The molecule has 0 aromatic heterocycles. The van der Waals surface area contributed by atoms with Gasteiger partial charge in [0.15, 0.2) is 0 Å². The van der Waals surface area contributed by atoms with Gasteiger partial charge in [-0.3, -0.25) is 0 Å². The van der Waals surface area contributed by atoms with Crippen LogP contribution in [-0.2, 0) is 22.3 Å². The number of rotatable bonds is 9. The molecule has 3 rings (SSSR count). The van der Waals surface area contributed by atoms with Gasteiger partial charge in [0.25, 0.3) is 0 Å². The van der Waals surface area contributed by atoms with E-state index in [2.05, 4.69) is 28.4 Å². The fourth-order valence-electron chi connectivity index (χ4n) is 3.48. The van der Waals surface area contributed by atoms with Crippen LogP contribution in [0.5, 0.6) is 0 Å².